The van der Waals surface area contributed by atoms with Crippen molar-refractivity contribution in [1.29, 1.82) is 0 Å². The molecule has 0 spiro atoms. The predicted octanol–water partition coefficient (Wildman–Crippen LogP) is 0.949. The van der Waals surface area contributed by atoms with Crippen LogP contribution in [0.1, 0.15) is 27.2 Å². The van der Waals surface area contributed by atoms with Gasteiger partial charge in [0.15, 0.2) is 0 Å². The molecule has 0 N–H and O–H groups in total. The van der Waals surface area contributed by atoms with Crippen LogP contribution in [0.5, 0.6) is 0 Å². The average Bonchev–Trinajstić information content (AvgIpc) is 2.17. The highest BCUT2D eigenvalue weighted by molar-refractivity contribution is 5.73. The van der Waals surface area contributed by atoms with Crippen LogP contribution < -0.4 is 0 Å². The van der Waals surface area contributed by atoms with Crippen LogP contribution in [0.2, 0.25) is 0 Å². The van der Waals surface area contributed by atoms with Gasteiger partial charge in [-0.3, -0.25) is 9.69 Å². The predicted molar refractivity (Wildman–Crippen MR) is 53.6 cm³/mol. The van der Waals surface area contributed by atoms with E-state index in [0.717, 1.165) is 26.2 Å². The average molecular weight is 184 g/mol. The van der Waals surface area contributed by atoms with Gasteiger partial charge < -0.3 is 4.90 Å². The lowest BCUT2D eigenvalue weighted by molar-refractivity contribution is -0.130. The van der Waals surface area contributed by atoms with Crippen molar-refractivity contribution in [3.05, 3.63) is 0 Å². The molecule has 1 amide bonds. The number of piperazine rings is 1. The van der Waals surface area contributed by atoms with Crippen LogP contribution in [-0.2, 0) is 4.79 Å². The molecule has 0 aromatic heterocycles. The number of nitrogens with zero attached hydrogens (tertiary/aromatic N) is 2. The molecular formula is C10H20N2O. The van der Waals surface area contributed by atoms with Crippen molar-refractivity contribution >= 4 is 5.91 Å². The van der Waals surface area contributed by atoms with Gasteiger partial charge in [0.2, 0.25) is 5.91 Å². The molecule has 1 aliphatic rings. The largest absolute Gasteiger partial charge is 0.340 e. The van der Waals surface area contributed by atoms with Crippen LogP contribution >= 0.6 is 0 Å². The van der Waals surface area contributed by atoms with E-state index in [1.165, 1.54) is 6.42 Å². The Morgan fingerprint density at radius 2 is 1.85 bits per heavy atom. The zero-order chi connectivity index (χ0) is 9.84. The summed E-state index contributed by atoms with van der Waals surface area (Å²) in [5.41, 5.74) is 0. The molecule has 1 rings (SSSR count). The fourth-order valence-corrected chi connectivity index (χ4v) is 1.74. The van der Waals surface area contributed by atoms with E-state index in [-0.39, 0.29) is 5.91 Å². The van der Waals surface area contributed by atoms with Crippen LogP contribution in [0.4, 0.5) is 0 Å². The van der Waals surface area contributed by atoms with E-state index in [1.54, 1.807) is 6.92 Å². The first-order valence-electron chi connectivity index (χ1n) is 5.14. The second kappa shape index (κ2) is 4.61. The van der Waals surface area contributed by atoms with Gasteiger partial charge in [-0.05, 0) is 13.3 Å². The van der Waals surface area contributed by atoms with Gasteiger partial charge >= 0.3 is 0 Å². The Labute approximate surface area is 80.7 Å². The number of carbonyl (C=O) groups is 1. The minimum absolute atomic E-state index is 0.212. The third-order valence-electron chi connectivity index (χ3n) is 2.97. The number of rotatable bonds is 2. The van der Waals surface area contributed by atoms with Crippen molar-refractivity contribution in [2.75, 3.05) is 26.2 Å². The molecule has 0 aromatic carbocycles. The van der Waals surface area contributed by atoms with Crippen LogP contribution in [-0.4, -0.2) is 47.9 Å². The lowest BCUT2D eigenvalue weighted by Crippen LogP contribution is -2.50. The number of carbonyl (C=O) groups excluding carboxylic acids is 1. The Morgan fingerprint density at radius 1 is 1.31 bits per heavy atom. The van der Waals surface area contributed by atoms with E-state index in [1.807, 2.05) is 4.90 Å². The first-order valence-corrected chi connectivity index (χ1v) is 5.14. The second-order valence-corrected chi connectivity index (χ2v) is 3.80. The molecule has 1 fully saturated rings. The molecule has 0 radical (unpaired) electrons. The molecule has 0 aliphatic carbocycles. The van der Waals surface area contributed by atoms with Crippen molar-refractivity contribution in [3.8, 4) is 0 Å². The van der Waals surface area contributed by atoms with Gasteiger partial charge in [-0.15, -0.1) is 0 Å². The van der Waals surface area contributed by atoms with Crippen LogP contribution in [0.3, 0.4) is 0 Å². The summed E-state index contributed by atoms with van der Waals surface area (Å²) in [4.78, 5) is 15.4. The van der Waals surface area contributed by atoms with Crippen LogP contribution in [0.25, 0.3) is 0 Å². The molecule has 76 valence electrons. The fraction of sp³-hybridized carbons (Fsp3) is 0.900. The highest BCUT2D eigenvalue weighted by atomic mass is 16.2. The molecule has 1 saturated heterocycles. The molecule has 1 heterocycles. The molecule has 3 nitrogen and oxygen atoms in total. The Morgan fingerprint density at radius 3 is 2.23 bits per heavy atom. The lowest BCUT2D eigenvalue weighted by atomic mass is 10.2. The summed E-state index contributed by atoms with van der Waals surface area (Å²) < 4.78 is 0. The Kier molecular flexibility index (Phi) is 3.72. The molecule has 1 unspecified atom stereocenters. The Hall–Kier alpha value is -0.570. The topological polar surface area (TPSA) is 23.6 Å². The summed E-state index contributed by atoms with van der Waals surface area (Å²) in [7, 11) is 0. The zero-order valence-corrected chi connectivity index (χ0v) is 8.92. The van der Waals surface area contributed by atoms with E-state index in [2.05, 4.69) is 18.7 Å². The van der Waals surface area contributed by atoms with E-state index < -0.39 is 0 Å². The molecule has 3 heteroatoms. The molecule has 1 atom stereocenters. The van der Waals surface area contributed by atoms with Gasteiger partial charge in [0.25, 0.3) is 0 Å². The summed E-state index contributed by atoms with van der Waals surface area (Å²) in [6, 6.07) is 0.661. The second-order valence-electron chi connectivity index (χ2n) is 3.80. The van der Waals surface area contributed by atoms with Crippen molar-refractivity contribution in [2.45, 2.75) is 33.2 Å². The van der Waals surface area contributed by atoms with Crippen molar-refractivity contribution < 1.29 is 4.79 Å². The highest BCUT2D eigenvalue weighted by Gasteiger charge is 2.20. The van der Waals surface area contributed by atoms with Crippen molar-refractivity contribution in [1.82, 2.24) is 9.80 Å². The standard InChI is InChI=1S/C10H20N2O/c1-4-9(2)11-5-7-12(8-6-11)10(3)13/h9H,4-8H2,1-3H3. The van der Waals surface area contributed by atoms with Crippen molar-refractivity contribution in [2.24, 2.45) is 0 Å². The van der Waals surface area contributed by atoms with E-state index in [0.29, 0.717) is 6.04 Å². The van der Waals surface area contributed by atoms with Gasteiger partial charge in [-0.2, -0.15) is 0 Å². The van der Waals surface area contributed by atoms with Crippen molar-refractivity contribution in [3.63, 3.8) is 0 Å². The highest BCUT2D eigenvalue weighted by Crippen LogP contribution is 2.08. The summed E-state index contributed by atoms with van der Waals surface area (Å²) in [6.45, 7) is 9.99. The number of hydrogen-bond donors (Lipinski definition) is 0. The molecule has 0 saturated carbocycles. The molecular weight excluding hydrogens is 164 g/mol. The quantitative estimate of drug-likeness (QED) is 0.638. The minimum atomic E-state index is 0.212. The van der Waals surface area contributed by atoms with E-state index >= 15 is 0 Å². The Balaban J connectivity index is 2.34. The summed E-state index contributed by atoms with van der Waals surface area (Å²) in [5.74, 6) is 0.212. The van der Waals surface area contributed by atoms with Gasteiger partial charge in [0.05, 0.1) is 0 Å². The normalized spacial score (nSPS) is 21.6. The van der Waals surface area contributed by atoms with E-state index in [4.69, 9.17) is 0 Å². The number of hydrogen-bond acceptors (Lipinski definition) is 2. The van der Waals surface area contributed by atoms with Crippen LogP contribution in [0.15, 0.2) is 0 Å². The van der Waals surface area contributed by atoms with E-state index in [9.17, 15) is 4.79 Å². The summed E-state index contributed by atoms with van der Waals surface area (Å²) in [6.07, 6.45) is 1.19. The maximum atomic E-state index is 11.1. The molecule has 1 aliphatic heterocycles. The molecule has 0 bridgehead atoms. The summed E-state index contributed by atoms with van der Waals surface area (Å²) in [5, 5.41) is 0. The maximum absolute atomic E-state index is 11.1. The minimum Gasteiger partial charge on any atom is -0.340 e. The third kappa shape index (κ3) is 2.69. The number of amides is 1. The lowest BCUT2D eigenvalue weighted by Gasteiger charge is -2.37. The van der Waals surface area contributed by atoms with Gasteiger partial charge in [0, 0.05) is 39.1 Å². The monoisotopic (exact) mass is 184 g/mol. The van der Waals surface area contributed by atoms with Gasteiger partial charge in [-0.25, -0.2) is 0 Å². The third-order valence-corrected chi connectivity index (χ3v) is 2.97. The Bertz CT molecular complexity index is 174. The first-order chi connectivity index (χ1) is 6.15. The molecule has 13 heavy (non-hydrogen) atoms. The maximum Gasteiger partial charge on any atom is 0.219 e. The first kappa shape index (κ1) is 10.5. The van der Waals surface area contributed by atoms with Gasteiger partial charge in [0.1, 0.15) is 0 Å². The fourth-order valence-electron chi connectivity index (χ4n) is 1.74. The smallest absolute Gasteiger partial charge is 0.219 e. The summed E-state index contributed by atoms with van der Waals surface area (Å²) >= 11 is 0. The van der Waals surface area contributed by atoms with Gasteiger partial charge in [-0.1, -0.05) is 6.92 Å². The molecule has 0 aromatic rings. The SMILES string of the molecule is CCC(C)N1CCN(C(C)=O)CC1. The zero-order valence-electron chi connectivity index (χ0n) is 8.92. The van der Waals surface area contributed by atoms with Crippen LogP contribution in [0, 0.1) is 0 Å².